The molecule has 0 unspecified atom stereocenters. The predicted molar refractivity (Wildman–Crippen MR) is 76.4 cm³/mol. The molecule has 2 aliphatic heterocycles. The van der Waals surface area contributed by atoms with E-state index in [-0.39, 0.29) is 11.7 Å². The van der Waals surface area contributed by atoms with E-state index in [0.717, 1.165) is 6.42 Å². The molecule has 21 heavy (non-hydrogen) atoms. The quantitative estimate of drug-likeness (QED) is 0.860. The number of benzene rings is 1. The van der Waals surface area contributed by atoms with E-state index in [9.17, 15) is 9.90 Å². The third-order valence-electron chi connectivity index (χ3n) is 3.87. The van der Waals surface area contributed by atoms with Crippen molar-refractivity contribution in [2.24, 2.45) is 0 Å². The van der Waals surface area contributed by atoms with Crippen molar-refractivity contribution in [2.75, 3.05) is 6.54 Å². The lowest BCUT2D eigenvalue weighted by molar-refractivity contribution is -0.125. The highest BCUT2D eigenvalue weighted by Gasteiger charge is 2.40. The van der Waals surface area contributed by atoms with Gasteiger partial charge in [0, 0.05) is 18.5 Å². The molecule has 0 bridgehead atoms. The molecule has 2 aliphatic rings. The van der Waals surface area contributed by atoms with Crippen LogP contribution in [-0.4, -0.2) is 28.1 Å². The van der Waals surface area contributed by atoms with Gasteiger partial charge in [-0.3, -0.25) is 4.79 Å². The first kappa shape index (κ1) is 13.5. The highest BCUT2D eigenvalue weighted by Crippen LogP contribution is 2.42. The zero-order valence-corrected chi connectivity index (χ0v) is 12.0. The molecular weight excluding hydrogens is 268 g/mol. The summed E-state index contributed by atoms with van der Waals surface area (Å²) in [6.45, 7) is 4.08. The summed E-state index contributed by atoms with van der Waals surface area (Å²) in [5, 5.41) is 19.6. The Morgan fingerprint density at radius 2 is 2.19 bits per heavy atom. The minimum Gasteiger partial charge on any atom is -0.506 e. The monoisotopic (exact) mass is 284 g/mol. The number of carbonyl (C=O) groups excluding carboxylic acids is 1. The van der Waals surface area contributed by atoms with Crippen LogP contribution in [0.1, 0.15) is 37.8 Å². The number of rotatable bonds is 1. The van der Waals surface area contributed by atoms with Crippen LogP contribution in [0.2, 0.25) is 0 Å². The Kier molecular flexibility index (Phi) is 2.91. The molecule has 1 aromatic carbocycles. The van der Waals surface area contributed by atoms with Crippen molar-refractivity contribution in [1.29, 1.82) is 5.26 Å². The molecule has 0 saturated carbocycles. The Morgan fingerprint density at radius 1 is 1.43 bits per heavy atom. The van der Waals surface area contributed by atoms with Gasteiger partial charge in [-0.1, -0.05) is 0 Å². The molecule has 1 amide bonds. The third kappa shape index (κ3) is 2.04. The van der Waals surface area contributed by atoms with Crippen LogP contribution in [0.5, 0.6) is 5.75 Å². The van der Waals surface area contributed by atoms with Gasteiger partial charge in [0.25, 0.3) is 0 Å². The minimum absolute atomic E-state index is 0.0115. The number of aliphatic hydroxyl groups is 1. The predicted octanol–water partition coefficient (Wildman–Crippen LogP) is 2.58. The Hall–Kier alpha value is -2.48. The maximum absolute atomic E-state index is 12.1. The van der Waals surface area contributed by atoms with Crippen LogP contribution in [0.15, 0.2) is 24.0 Å². The maximum Gasteiger partial charge on any atom is 0.227 e. The van der Waals surface area contributed by atoms with E-state index in [1.165, 1.54) is 0 Å². The Labute approximate surface area is 123 Å². The highest BCUT2D eigenvalue weighted by molar-refractivity contribution is 5.91. The first-order valence-corrected chi connectivity index (χ1v) is 6.91. The van der Waals surface area contributed by atoms with Crippen molar-refractivity contribution in [3.05, 3.63) is 35.1 Å². The molecule has 2 heterocycles. The number of hydrogen-bond donors (Lipinski definition) is 1. The number of fused-ring (bicyclic) bond motifs is 1. The van der Waals surface area contributed by atoms with Gasteiger partial charge in [-0.15, -0.1) is 0 Å². The van der Waals surface area contributed by atoms with Crippen LogP contribution in [0.4, 0.5) is 0 Å². The second-order valence-electron chi connectivity index (χ2n) is 5.78. The van der Waals surface area contributed by atoms with E-state index in [1.807, 2.05) is 0 Å². The van der Waals surface area contributed by atoms with Crippen LogP contribution in [0, 0.1) is 11.3 Å². The van der Waals surface area contributed by atoms with Gasteiger partial charge in [0.2, 0.25) is 5.91 Å². The number of hydrogen-bond acceptors (Lipinski definition) is 4. The SMILES string of the molecule is CC1(C)Oc2ccc(C#N)cc2C(N2CCCC2=O)=C1O. The van der Waals surface area contributed by atoms with Crippen LogP contribution < -0.4 is 4.74 Å². The van der Waals surface area contributed by atoms with Crippen molar-refractivity contribution < 1.29 is 14.6 Å². The van der Waals surface area contributed by atoms with Crippen LogP contribution in [0.3, 0.4) is 0 Å². The molecule has 0 aliphatic carbocycles. The number of aliphatic hydroxyl groups excluding tert-OH is 1. The van der Waals surface area contributed by atoms with Gasteiger partial charge in [0.05, 0.1) is 17.3 Å². The number of carbonyl (C=O) groups is 1. The van der Waals surface area contributed by atoms with Crippen molar-refractivity contribution in [1.82, 2.24) is 4.90 Å². The summed E-state index contributed by atoms with van der Waals surface area (Å²) >= 11 is 0. The lowest BCUT2D eigenvalue weighted by Gasteiger charge is -2.36. The average molecular weight is 284 g/mol. The van der Waals surface area contributed by atoms with Crippen molar-refractivity contribution in [3.8, 4) is 11.8 Å². The first-order valence-electron chi connectivity index (χ1n) is 6.91. The molecule has 0 aromatic heterocycles. The van der Waals surface area contributed by atoms with Crippen LogP contribution in [0.25, 0.3) is 5.70 Å². The van der Waals surface area contributed by atoms with E-state index in [1.54, 1.807) is 36.9 Å². The fourth-order valence-electron chi connectivity index (χ4n) is 2.77. The van der Waals surface area contributed by atoms with E-state index < -0.39 is 5.60 Å². The molecule has 5 heteroatoms. The molecule has 1 aromatic rings. The number of amides is 1. The topological polar surface area (TPSA) is 73.6 Å². The summed E-state index contributed by atoms with van der Waals surface area (Å²) in [6, 6.07) is 7.10. The Balaban J connectivity index is 2.22. The first-order chi connectivity index (χ1) is 9.94. The lowest BCUT2D eigenvalue weighted by atomic mass is 9.95. The molecule has 1 saturated heterocycles. The van der Waals surface area contributed by atoms with Gasteiger partial charge in [0.1, 0.15) is 5.75 Å². The van der Waals surface area contributed by atoms with Gasteiger partial charge in [-0.05, 0) is 38.5 Å². The summed E-state index contributed by atoms with van der Waals surface area (Å²) in [4.78, 5) is 13.7. The van der Waals surface area contributed by atoms with E-state index in [0.29, 0.717) is 35.5 Å². The Bertz CT molecular complexity index is 698. The zero-order chi connectivity index (χ0) is 15.2. The van der Waals surface area contributed by atoms with Crippen LogP contribution >= 0.6 is 0 Å². The van der Waals surface area contributed by atoms with Crippen molar-refractivity contribution in [2.45, 2.75) is 32.3 Å². The zero-order valence-electron chi connectivity index (χ0n) is 12.0. The fraction of sp³-hybridized carbons (Fsp3) is 0.375. The number of nitriles is 1. The summed E-state index contributed by atoms with van der Waals surface area (Å²) in [5.74, 6) is 0.592. The smallest absolute Gasteiger partial charge is 0.227 e. The van der Waals surface area contributed by atoms with Gasteiger partial charge < -0.3 is 14.7 Å². The highest BCUT2D eigenvalue weighted by atomic mass is 16.5. The second kappa shape index (κ2) is 4.52. The molecule has 5 nitrogen and oxygen atoms in total. The molecule has 1 fully saturated rings. The molecule has 0 atom stereocenters. The third-order valence-corrected chi connectivity index (χ3v) is 3.87. The summed E-state index contributed by atoms with van der Waals surface area (Å²) in [6.07, 6.45) is 1.25. The minimum atomic E-state index is -0.903. The van der Waals surface area contributed by atoms with Crippen molar-refractivity contribution in [3.63, 3.8) is 0 Å². The largest absolute Gasteiger partial charge is 0.506 e. The molecule has 0 radical (unpaired) electrons. The van der Waals surface area contributed by atoms with E-state index in [4.69, 9.17) is 10.00 Å². The van der Waals surface area contributed by atoms with E-state index in [2.05, 4.69) is 6.07 Å². The summed E-state index contributed by atoms with van der Waals surface area (Å²) in [7, 11) is 0. The fourth-order valence-corrected chi connectivity index (χ4v) is 2.77. The molecule has 108 valence electrons. The number of ether oxygens (including phenoxy) is 1. The molecule has 1 N–H and O–H groups in total. The standard InChI is InChI=1S/C16H16N2O3/c1-16(2)15(20)14(18-7-3-4-13(18)19)11-8-10(9-17)5-6-12(11)21-16/h5-6,8,20H,3-4,7H2,1-2H3. The molecule has 0 spiro atoms. The number of nitrogens with zero attached hydrogens (tertiary/aromatic N) is 2. The van der Waals surface area contributed by atoms with Crippen LogP contribution in [-0.2, 0) is 4.79 Å². The summed E-state index contributed by atoms with van der Waals surface area (Å²) < 4.78 is 5.80. The molecular formula is C16H16N2O3. The maximum atomic E-state index is 12.1. The van der Waals surface area contributed by atoms with Gasteiger partial charge >= 0.3 is 0 Å². The molecule has 3 rings (SSSR count). The normalized spacial score (nSPS) is 20.0. The van der Waals surface area contributed by atoms with Gasteiger partial charge in [-0.25, -0.2) is 0 Å². The van der Waals surface area contributed by atoms with E-state index >= 15 is 0 Å². The van der Waals surface area contributed by atoms with Gasteiger partial charge in [0.15, 0.2) is 11.4 Å². The average Bonchev–Trinajstić information content (AvgIpc) is 2.86. The Morgan fingerprint density at radius 3 is 2.81 bits per heavy atom. The van der Waals surface area contributed by atoms with Gasteiger partial charge in [-0.2, -0.15) is 5.26 Å². The van der Waals surface area contributed by atoms with Crippen molar-refractivity contribution >= 4 is 11.6 Å². The second-order valence-corrected chi connectivity index (χ2v) is 5.78. The lowest BCUT2D eigenvalue weighted by Crippen LogP contribution is -2.38. The summed E-state index contributed by atoms with van der Waals surface area (Å²) in [5.41, 5.74) is 0.635. The number of likely N-dealkylation sites (tertiary alicyclic amines) is 1.